The highest BCUT2D eigenvalue weighted by molar-refractivity contribution is 14.0. The molecule has 7 heteroatoms. The molecule has 28 heavy (non-hydrogen) atoms. The largest absolute Gasteiger partial charge is 0.497 e. The molecule has 0 spiro atoms. The number of nitrogens with one attached hydrogen (secondary N) is 2. The lowest BCUT2D eigenvalue weighted by Crippen LogP contribution is -2.38. The van der Waals surface area contributed by atoms with E-state index in [9.17, 15) is 0 Å². The average Bonchev–Trinajstić information content (AvgIpc) is 2.72. The Kier molecular flexibility index (Phi) is 12.0. The van der Waals surface area contributed by atoms with Crippen LogP contribution < -0.4 is 20.1 Å². The Morgan fingerprint density at radius 2 is 1.93 bits per heavy atom. The van der Waals surface area contributed by atoms with Crippen molar-refractivity contribution >= 4 is 29.9 Å². The number of pyridine rings is 1. The summed E-state index contributed by atoms with van der Waals surface area (Å²) in [5.74, 6) is 2.32. The first-order chi connectivity index (χ1) is 13.3. The second-order valence-corrected chi connectivity index (χ2v) is 6.12. The van der Waals surface area contributed by atoms with Gasteiger partial charge in [0.25, 0.3) is 0 Å². The fourth-order valence-corrected chi connectivity index (χ4v) is 2.52. The second-order valence-electron chi connectivity index (χ2n) is 6.12. The van der Waals surface area contributed by atoms with Crippen molar-refractivity contribution in [1.29, 1.82) is 0 Å². The molecule has 0 aliphatic heterocycles. The molecule has 0 fully saturated rings. The van der Waals surface area contributed by atoms with Gasteiger partial charge in [-0.05, 0) is 36.6 Å². The SMILES string of the molecule is CCCCOc1ncccc1CNC(=NC)NCCc1ccc(OC)cc1.I. The molecule has 0 aliphatic rings. The van der Waals surface area contributed by atoms with Gasteiger partial charge >= 0.3 is 0 Å². The maximum atomic E-state index is 5.78. The minimum Gasteiger partial charge on any atom is -0.497 e. The number of benzene rings is 1. The highest BCUT2D eigenvalue weighted by atomic mass is 127. The number of methoxy groups -OCH3 is 1. The monoisotopic (exact) mass is 498 g/mol. The van der Waals surface area contributed by atoms with Gasteiger partial charge in [-0.1, -0.05) is 31.5 Å². The number of unbranched alkanes of at least 4 members (excludes halogenated alkanes) is 1. The van der Waals surface area contributed by atoms with Gasteiger partial charge in [0.05, 0.1) is 13.7 Å². The fraction of sp³-hybridized carbons (Fsp3) is 0.429. The molecule has 0 bridgehead atoms. The molecule has 2 N–H and O–H groups in total. The smallest absolute Gasteiger partial charge is 0.218 e. The van der Waals surface area contributed by atoms with Gasteiger partial charge in [-0.3, -0.25) is 4.99 Å². The van der Waals surface area contributed by atoms with E-state index in [-0.39, 0.29) is 24.0 Å². The number of aromatic nitrogens is 1. The molecule has 0 amide bonds. The van der Waals surface area contributed by atoms with Crippen molar-refractivity contribution in [3.63, 3.8) is 0 Å². The Hall–Kier alpha value is -2.03. The first-order valence-electron chi connectivity index (χ1n) is 9.41. The van der Waals surface area contributed by atoms with Crippen LogP contribution in [0.25, 0.3) is 0 Å². The van der Waals surface area contributed by atoms with Crippen molar-refractivity contribution in [3.05, 3.63) is 53.7 Å². The van der Waals surface area contributed by atoms with Crippen LogP contribution in [-0.2, 0) is 13.0 Å². The van der Waals surface area contributed by atoms with Crippen LogP contribution in [0.5, 0.6) is 11.6 Å². The number of rotatable bonds is 10. The number of aliphatic imine (C=N–C) groups is 1. The van der Waals surface area contributed by atoms with E-state index < -0.39 is 0 Å². The maximum Gasteiger partial charge on any atom is 0.218 e. The van der Waals surface area contributed by atoms with E-state index >= 15 is 0 Å². The Bertz CT molecular complexity index is 708. The van der Waals surface area contributed by atoms with Gasteiger partial charge in [0, 0.05) is 31.9 Å². The maximum absolute atomic E-state index is 5.78. The lowest BCUT2D eigenvalue weighted by atomic mass is 10.1. The van der Waals surface area contributed by atoms with Crippen LogP contribution >= 0.6 is 24.0 Å². The topological polar surface area (TPSA) is 67.8 Å². The second kappa shape index (κ2) is 14.0. The molecule has 0 saturated heterocycles. The Balaban J connectivity index is 0.00000392. The highest BCUT2D eigenvalue weighted by Crippen LogP contribution is 2.14. The van der Waals surface area contributed by atoms with Crippen molar-refractivity contribution in [1.82, 2.24) is 15.6 Å². The van der Waals surface area contributed by atoms with Crippen LogP contribution in [0.2, 0.25) is 0 Å². The summed E-state index contributed by atoms with van der Waals surface area (Å²) in [5.41, 5.74) is 2.27. The third-order valence-electron chi connectivity index (χ3n) is 4.12. The van der Waals surface area contributed by atoms with Gasteiger partial charge in [-0.15, -0.1) is 24.0 Å². The van der Waals surface area contributed by atoms with Crippen molar-refractivity contribution < 1.29 is 9.47 Å². The van der Waals surface area contributed by atoms with Gasteiger partial charge in [-0.25, -0.2) is 4.98 Å². The zero-order chi connectivity index (χ0) is 19.3. The third kappa shape index (κ3) is 8.33. The first-order valence-corrected chi connectivity index (χ1v) is 9.41. The summed E-state index contributed by atoms with van der Waals surface area (Å²) in [6, 6.07) is 12.0. The van der Waals surface area contributed by atoms with E-state index in [1.54, 1.807) is 20.4 Å². The predicted molar refractivity (Wildman–Crippen MR) is 125 cm³/mol. The summed E-state index contributed by atoms with van der Waals surface area (Å²) in [4.78, 5) is 8.62. The minimum absolute atomic E-state index is 0. The summed E-state index contributed by atoms with van der Waals surface area (Å²) < 4.78 is 11.0. The number of hydrogen-bond donors (Lipinski definition) is 2. The Morgan fingerprint density at radius 1 is 1.14 bits per heavy atom. The van der Waals surface area contributed by atoms with Crippen LogP contribution in [0, 0.1) is 0 Å². The normalized spacial score (nSPS) is 10.8. The van der Waals surface area contributed by atoms with E-state index in [2.05, 4.69) is 39.7 Å². The number of hydrogen-bond acceptors (Lipinski definition) is 4. The summed E-state index contributed by atoms with van der Waals surface area (Å²) in [6.45, 7) is 4.23. The molecule has 6 nitrogen and oxygen atoms in total. The summed E-state index contributed by atoms with van der Waals surface area (Å²) >= 11 is 0. The van der Waals surface area contributed by atoms with Gasteiger partial charge in [0.2, 0.25) is 5.88 Å². The minimum atomic E-state index is 0. The third-order valence-corrected chi connectivity index (χ3v) is 4.12. The van der Waals surface area contributed by atoms with Crippen LogP contribution in [0.1, 0.15) is 30.9 Å². The van der Waals surface area contributed by atoms with Gasteiger partial charge in [-0.2, -0.15) is 0 Å². The van der Waals surface area contributed by atoms with E-state index in [4.69, 9.17) is 9.47 Å². The zero-order valence-corrected chi connectivity index (χ0v) is 19.2. The van der Waals surface area contributed by atoms with Crippen LogP contribution in [0.4, 0.5) is 0 Å². The number of ether oxygens (including phenoxy) is 2. The zero-order valence-electron chi connectivity index (χ0n) is 16.9. The van der Waals surface area contributed by atoms with E-state index in [1.807, 2.05) is 24.3 Å². The quantitative estimate of drug-likeness (QED) is 0.226. The molecule has 0 aliphatic carbocycles. The number of nitrogens with zero attached hydrogens (tertiary/aromatic N) is 2. The molecule has 154 valence electrons. The molecular weight excluding hydrogens is 467 g/mol. The van der Waals surface area contributed by atoms with Crippen molar-refractivity contribution in [2.45, 2.75) is 32.7 Å². The van der Waals surface area contributed by atoms with Crippen LogP contribution in [0.15, 0.2) is 47.6 Å². The standard InChI is InChI=1S/C21H30N4O2.HI/c1-4-5-15-27-20-18(7-6-13-23-20)16-25-21(22-2)24-14-12-17-8-10-19(26-3)11-9-17;/h6-11,13H,4-5,12,14-16H2,1-3H3,(H2,22,24,25);1H. The number of halogens is 1. The first kappa shape index (κ1) is 24.0. The molecule has 1 aromatic heterocycles. The average molecular weight is 498 g/mol. The molecule has 1 heterocycles. The summed E-state index contributed by atoms with van der Waals surface area (Å²) in [5, 5.41) is 6.65. The number of guanidine groups is 1. The predicted octanol–water partition coefficient (Wildman–Crippen LogP) is 3.79. The molecular formula is C21H31IN4O2. The van der Waals surface area contributed by atoms with Crippen molar-refractivity contribution in [2.75, 3.05) is 27.3 Å². The summed E-state index contributed by atoms with van der Waals surface area (Å²) in [7, 11) is 3.44. The molecule has 0 atom stereocenters. The lowest BCUT2D eigenvalue weighted by molar-refractivity contribution is 0.294. The van der Waals surface area contributed by atoms with Gasteiger partial charge < -0.3 is 20.1 Å². The molecule has 0 saturated carbocycles. The summed E-state index contributed by atoms with van der Waals surface area (Å²) in [6.07, 6.45) is 4.79. The van der Waals surface area contributed by atoms with Crippen molar-refractivity contribution in [3.8, 4) is 11.6 Å². The molecule has 0 radical (unpaired) electrons. The van der Waals surface area contributed by atoms with Gasteiger partial charge in [0.15, 0.2) is 5.96 Å². The lowest BCUT2D eigenvalue weighted by Gasteiger charge is -2.14. The van der Waals surface area contributed by atoms with E-state index in [0.717, 1.165) is 43.1 Å². The van der Waals surface area contributed by atoms with Gasteiger partial charge in [0.1, 0.15) is 5.75 Å². The van der Waals surface area contributed by atoms with Crippen LogP contribution in [0.3, 0.4) is 0 Å². The highest BCUT2D eigenvalue weighted by Gasteiger charge is 2.06. The van der Waals surface area contributed by atoms with Crippen molar-refractivity contribution in [2.24, 2.45) is 4.99 Å². The Labute approximate surface area is 185 Å². The Morgan fingerprint density at radius 3 is 2.61 bits per heavy atom. The molecule has 2 aromatic rings. The van der Waals surface area contributed by atoms with Crippen LogP contribution in [-0.4, -0.2) is 38.3 Å². The fourth-order valence-electron chi connectivity index (χ4n) is 2.52. The molecule has 1 aromatic carbocycles. The molecule has 2 rings (SSSR count). The van der Waals surface area contributed by atoms with E-state index in [1.165, 1.54) is 5.56 Å². The molecule has 0 unspecified atom stereocenters. The van der Waals surface area contributed by atoms with E-state index in [0.29, 0.717) is 19.0 Å².